The molecule has 2 aromatic rings. The van der Waals surface area contributed by atoms with Crippen LogP contribution < -0.4 is 0 Å². The number of aryl methyl sites for hydroxylation is 1. The molecule has 0 aliphatic carbocycles. The smallest absolute Gasteiger partial charge is 0.273 e. The molecule has 0 amide bonds. The molecule has 100 valence electrons. The Morgan fingerprint density at radius 3 is 2.74 bits per heavy atom. The van der Waals surface area contributed by atoms with E-state index >= 15 is 0 Å². The van der Waals surface area contributed by atoms with Gasteiger partial charge in [-0.3, -0.25) is 10.1 Å². The lowest BCUT2D eigenvalue weighted by Crippen LogP contribution is -2.02. The molecule has 7 heteroatoms. The quantitative estimate of drug-likeness (QED) is 0.492. The van der Waals surface area contributed by atoms with E-state index in [9.17, 15) is 10.1 Å². The third kappa shape index (κ3) is 2.51. The lowest BCUT2D eigenvalue weighted by Gasteiger charge is -2.06. The highest BCUT2D eigenvalue weighted by molar-refractivity contribution is 9.08. The number of alkyl halides is 1. The molecule has 0 N–H and O–H groups in total. The van der Waals surface area contributed by atoms with Gasteiger partial charge in [0.2, 0.25) is 0 Å². The summed E-state index contributed by atoms with van der Waals surface area (Å²) < 4.78 is 1.93. The second-order valence-electron chi connectivity index (χ2n) is 4.08. The highest BCUT2D eigenvalue weighted by Gasteiger charge is 2.16. The first-order valence-electron chi connectivity index (χ1n) is 5.82. The Morgan fingerprint density at radius 2 is 2.16 bits per heavy atom. The van der Waals surface area contributed by atoms with Gasteiger partial charge in [0, 0.05) is 23.7 Å². The van der Waals surface area contributed by atoms with Crippen molar-refractivity contribution in [3.05, 3.63) is 39.7 Å². The average Bonchev–Trinajstić information content (AvgIpc) is 2.81. The molecule has 0 saturated heterocycles. The van der Waals surface area contributed by atoms with Gasteiger partial charge in [-0.25, -0.2) is 0 Å². The molecule has 1 aromatic carbocycles. The number of nitro benzene ring substituents is 1. The van der Waals surface area contributed by atoms with Crippen LogP contribution in [0.25, 0.3) is 11.4 Å². The molecule has 0 radical (unpaired) electrons. The molecule has 2 rings (SSSR count). The Morgan fingerprint density at radius 1 is 1.42 bits per heavy atom. The fraction of sp³-hybridized carbons (Fsp3) is 0.333. The molecule has 0 atom stereocenters. The van der Waals surface area contributed by atoms with Crippen molar-refractivity contribution in [1.82, 2.24) is 14.8 Å². The van der Waals surface area contributed by atoms with E-state index in [-0.39, 0.29) is 10.6 Å². The van der Waals surface area contributed by atoms with E-state index in [1.807, 2.05) is 17.6 Å². The van der Waals surface area contributed by atoms with Gasteiger partial charge in [-0.15, -0.1) is 10.2 Å². The molecule has 6 nitrogen and oxygen atoms in total. The fourth-order valence-electron chi connectivity index (χ4n) is 1.93. The number of hydrogen-bond acceptors (Lipinski definition) is 4. The van der Waals surface area contributed by atoms with Crippen LogP contribution in [0, 0.1) is 17.0 Å². The van der Waals surface area contributed by atoms with E-state index < -0.39 is 0 Å². The SMILES string of the molecule is CCn1c(CBr)nnc1-c1ccc(C)c([N+](=O)[O-])c1. The summed E-state index contributed by atoms with van der Waals surface area (Å²) >= 11 is 3.35. The molecule has 0 fully saturated rings. The van der Waals surface area contributed by atoms with Crippen molar-refractivity contribution in [2.75, 3.05) is 0 Å². The van der Waals surface area contributed by atoms with Crippen molar-refractivity contribution in [3.63, 3.8) is 0 Å². The van der Waals surface area contributed by atoms with Crippen LogP contribution >= 0.6 is 15.9 Å². The largest absolute Gasteiger partial charge is 0.311 e. The van der Waals surface area contributed by atoms with E-state index in [2.05, 4.69) is 26.1 Å². The monoisotopic (exact) mass is 324 g/mol. The van der Waals surface area contributed by atoms with Crippen LogP contribution in [0.15, 0.2) is 18.2 Å². The summed E-state index contributed by atoms with van der Waals surface area (Å²) in [5.41, 5.74) is 1.44. The Kier molecular flexibility index (Phi) is 3.94. The van der Waals surface area contributed by atoms with Crippen LogP contribution in [0.5, 0.6) is 0 Å². The van der Waals surface area contributed by atoms with E-state index in [1.54, 1.807) is 19.1 Å². The maximum atomic E-state index is 11.0. The van der Waals surface area contributed by atoms with Gasteiger partial charge in [0.1, 0.15) is 5.82 Å². The van der Waals surface area contributed by atoms with Gasteiger partial charge in [0.05, 0.1) is 10.3 Å². The van der Waals surface area contributed by atoms with Crippen molar-refractivity contribution in [3.8, 4) is 11.4 Å². The first kappa shape index (κ1) is 13.7. The second-order valence-corrected chi connectivity index (χ2v) is 4.64. The third-order valence-electron chi connectivity index (χ3n) is 2.93. The molecular formula is C12H13BrN4O2. The van der Waals surface area contributed by atoms with Crippen LogP contribution in [0.1, 0.15) is 18.3 Å². The van der Waals surface area contributed by atoms with E-state index in [0.717, 1.165) is 5.82 Å². The predicted molar refractivity (Wildman–Crippen MR) is 75.2 cm³/mol. The maximum absolute atomic E-state index is 11.0. The molecule has 0 spiro atoms. The van der Waals surface area contributed by atoms with E-state index in [1.165, 1.54) is 0 Å². The van der Waals surface area contributed by atoms with E-state index in [0.29, 0.717) is 28.8 Å². The zero-order valence-corrected chi connectivity index (χ0v) is 12.2. The van der Waals surface area contributed by atoms with Crippen LogP contribution in [0.2, 0.25) is 0 Å². The number of aromatic nitrogens is 3. The van der Waals surface area contributed by atoms with E-state index in [4.69, 9.17) is 0 Å². The average molecular weight is 325 g/mol. The molecule has 1 heterocycles. The predicted octanol–water partition coefficient (Wildman–Crippen LogP) is 3.08. The number of halogens is 1. The minimum absolute atomic E-state index is 0.101. The Balaban J connectivity index is 2.56. The van der Waals surface area contributed by atoms with Crippen molar-refractivity contribution in [2.24, 2.45) is 0 Å². The van der Waals surface area contributed by atoms with Gasteiger partial charge in [-0.2, -0.15) is 0 Å². The number of rotatable bonds is 4. The molecule has 0 saturated carbocycles. The summed E-state index contributed by atoms with van der Waals surface area (Å²) in [5.74, 6) is 1.46. The molecule has 0 unspecified atom stereocenters. The zero-order chi connectivity index (χ0) is 14.0. The molecule has 19 heavy (non-hydrogen) atoms. The van der Waals surface area contributed by atoms with Crippen molar-refractivity contribution >= 4 is 21.6 Å². The topological polar surface area (TPSA) is 73.8 Å². The number of nitrogens with zero attached hydrogens (tertiary/aromatic N) is 4. The van der Waals surface area contributed by atoms with Crippen molar-refractivity contribution in [2.45, 2.75) is 25.7 Å². The summed E-state index contributed by atoms with van der Waals surface area (Å²) in [7, 11) is 0. The van der Waals surface area contributed by atoms with Crippen LogP contribution in [-0.2, 0) is 11.9 Å². The molecule has 0 aliphatic heterocycles. The number of hydrogen-bond donors (Lipinski definition) is 0. The number of nitro groups is 1. The minimum atomic E-state index is -0.378. The Labute approximate surface area is 118 Å². The third-order valence-corrected chi connectivity index (χ3v) is 3.43. The van der Waals surface area contributed by atoms with Crippen molar-refractivity contribution < 1.29 is 4.92 Å². The van der Waals surface area contributed by atoms with Crippen LogP contribution in [-0.4, -0.2) is 19.7 Å². The molecule has 0 bridgehead atoms. The fourth-order valence-corrected chi connectivity index (χ4v) is 2.34. The zero-order valence-electron chi connectivity index (χ0n) is 10.6. The summed E-state index contributed by atoms with van der Waals surface area (Å²) in [6.45, 7) is 4.42. The first-order chi connectivity index (χ1) is 9.08. The second kappa shape index (κ2) is 5.48. The Bertz CT molecular complexity index is 624. The Hall–Kier alpha value is -1.76. The number of benzene rings is 1. The molecular weight excluding hydrogens is 312 g/mol. The van der Waals surface area contributed by atoms with Gasteiger partial charge in [0.15, 0.2) is 5.82 Å². The maximum Gasteiger partial charge on any atom is 0.273 e. The van der Waals surface area contributed by atoms with Gasteiger partial charge in [0.25, 0.3) is 5.69 Å². The summed E-state index contributed by atoms with van der Waals surface area (Å²) in [6, 6.07) is 5.11. The van der Waals surface area contributed by atoms with Crippen molar-refractivity contribution in [1.29, 1.82) is 0 Å². The lowest BCUT2D eigenvalue weighted by atomic mass is 10.1. The minimum Gasteiger partial charge on any atom is -0.311 e. The first-order valence-corrected chi connectivity index (χ1v) is 6.94. The summed E-state index contributed by atoms with van der Waals surface area (Å²) in [4.78, 5) is 10.6. The van der Waals surface area contributed by atoms with Gasteiger partial charge >= 0.3 is 0 Å². The van der Waals surface area contributed by atoms with Gasteiger partial charge < -0.3 is 4.57 Å². The lowest BCUT2D eigenvalue weighted by molar-refractivity contribution is -0.385. The molecule has 1 aromatic heterocycles. The van der Waals surface area contributed by atoms with Crippen LogP contribution in [0.3, 0.4) is 0 Å². The summed E-state index contributed by atoms with van der Waals surface area (Å²) in [5, 5.41) is 19.8. The van der Waals surface area contributed by atoms with Crippen LogP contribution in [0.4, 0.5) is 5.69 Å². The molecule has 0 aliphatic rings. The highest BCUT2D eigenvalue weighted by Crippen LogP contribution is 2.26. The standard InChI is InChI=1S/C12H13BrN4O2/c1-3-16-11(7-13)14-15-12(16)9-5-4-8(2)10(6-9)17(18)19/h4-6H,3,7H2,1-2H3. The van der Waals surface area contributed by atoms with Gasteiger partial charge in [-0.1, -0.05) is 28.1 Å². The summed E-state index contributed by atoms with van der Waals surface area (Å²) in [6.07, 6.45) is 0. The normalized spacial score (nSPS) is 10.7. The highest BCUT2D eigenvalue weighted by atomic mass is 79.9. The van der Waals surface area contributed by atoms with Gasteiger partial charge in [-0.05, 0) is 13.8 Å².